The van der Waals surface area contributed by atoms with Crippen LogP contribution in [-0.2, 0) is 6.54 Å². The molecule has 1 aliphatic rings. The summed E-state index contributed by atoms with van der Waals surface area (Å²) in [4.78, 5) is 18.4. The van der Waals surface area contributed by atoms with Gasteiger partial charge in [0.25, 0.3) is 5.91 Å². The fourth-order valence-corrected chi connectivity index (χ4v) is 3.50. The molecule has 0 bridgehead atoms. The van der Waals surface area contributed by atoms with Crippen LogP contribution in [0.25, 0.3) is 0 Å². The summed E-state index contributed by atoms with van der Waals surface area (Å²) in [6.45, 7) is 4.22. The van der Waals surface area contributed by atoms with Crippen molar-refractivity contribution in [3.63, 3.8) is 0 Å². The molecule has 5 heteroatoms. The van der Waals surface area contributed by atoms with Crippen LogP contribution in [0.3, 0.4) is 0 Å². The average molecular weight is 356 g/mol. The molecule has 1 saturated heterocycles. The summed E-state index contributed by atoms with van der Waals surface area (Å²) in [6.07, 6.45) is 2.09. The summed E-state index contributed by atoms with van der Waals surface area (Å²) in [6, 6.07) is 16.2. The zero-order valence-corrected chi connectivity index (χ0v) is 15.6. The quantitative estimate of drug-likeness (QED) is 0.769. The van der Waals surface area contributed by atoms with Crippen LogP contribution in [0, 0.1) is 0 Å². The Morgan fingerprint density at radius 2 is 1.72 bits per heavy atom. The monoisotopic (exact) mass is 356 g/mol. The number of para-hydroxylation sites is 1. The zero-order valence-electron chi connectivity index (χ0n) is 14.8. The molecule has 0 aromatic heterocycles. The largest absolute Gasteiger partial charge is 0.496 e. The molecular formula is C20H24N2O2S. The van der Waals surface area contributed by atoms with Gasteiger partial charge >= 0.3 is 0 Å². The number of hydrogen-bond donors (Lipinski definition) is 0. The number of benzene rings is 2. The van der Waals surface area contributed by atoms with E-state index in [1.165, 1.54) is 10.5 Å². The van der Waals surface area contributed by atoms with E-state index < -0.39 is 0 Å². The third kappa shape index (κ3) is 4.35. The van der Waals surface area contributed by atoms with Gasteiger partial charge in [0, 0.05) is 37.6 Å². The van der Waals surface area contributed by atoms with Crippen molar-refractivity contribution in [1.29, 1.82) is 0 Å². The topological polar surface area (TPSA) is 32.8 Å². The van der Waals surface area contributed by atoms with Crippen LogP contribution in [0.1, 0.15) is 15.9 Å². The maximum Gasteiger partial charge on any atom is 0.257 e. The van der Waals surface area contributed by atoms with Gasteiger partial charge < -0.3 is 9.64 Å². The van der Waals surface area contributed by atoms with Gasteiger partial charge in [0.1, 0.15) is 5.75 Å². The molecule has 0 spiro atoms. The smallest absolute Gasteiger partial charge is 0.257 e. The zero-order chi connectivity index (χ0) is 17.6. The van der Waals surface area contributed by atoms with Crippen LogP contribution in [0.2, 0.25) is 0 Å². The predicted molar refractivity (Wildman–Crippen MR) is 102 cm³/mol. The maximum atomic E-state index is 12.7. The number of carbonyl (C=O) groups is 1. The van der Waals surface area contributed by atoms with Crippen LogP contribution >= 0.6 is 11.8 Å². The first kappa shape index (κ1) is 17.8. The molecule has 1 aliphatic heterocycles. The maximum absolute atomic E-state index is 12.7. The van der Waals surface area contributed by atoms with E-state index in [1.807, 2.05) is 29.2 Å². The lowest BCUT2D eigenvalue weighted by Gasteiger charge is -2.35. The van der Waals surface area contributed by atoms with E-state index >= 15 is 0 Å². The Kier molecular flexibility index (Phi) is 6.00. The molecule has 4 nitrogen and oxygen atoms in total. The SMILES string of the molecule is COc1ccccc1C(=O)N1CCN(Cc2ccc(SC)cc2)CC1. The molecule has 0 radical (unpaired) electrons. The molecular weight excluding hydrogens is 332 g/mol. The number of carbonyl (C=O) groups excluding carboxylic acids is 1. The van der Waals surface area contributed by atoms with Gasteiger partial charge in [-0.2, -0.15) is 0 Å². The molecule has 25 heavy (non-hydrogen) atoms. The summed E-state index contributed by atoms with van der Waals surface area (Å²) in [5.74, 6) is 0.699. The highest BCUT2D eigenvalue weighted by molar-refractivity contribution is 7.98. The first-order chi connectivity index (χ1) is 12.2. The second-order valence-corrected chi connectivity index (χ2v) is 7.00. The summed E-state index contributed by atoms with van der Waals surface area (Å²) in [5, 5.41) is 0. The predicted octanol–water partition coefficient (Wildman–Crippen LogP) is 3.38. The molecule has 1 heterocycles. The van der Waals surface area contributed by atoms with Gasteiger partial charge in [-0.25, -0.2) is 0 Å². The minimum Gasteiger partial charge on any atom is -0.496 e. The molecule has 0 aliphatic carbocycles. The Hall–Kier alpha value is -1.98. The number of thioether (sulfide) groups is 1. The van der Waals surface area contributed by atoms with Gasteiger partial charge in [0.2, 0.25) is 0 Å². The van der Waals surface area contributed by atoms with Crippen molar-refractivity contribution >= 4 is 17.7 Å². The van der Waals surface area contributed by atoms with Crippen molar-refractivity contribution in [1.82, 2.24) is 9.80 Å². The van der Waals surface area contributed by atoms with Crippen molar-refractivity contribution in [2.75, 3.05) is 39.5 Å². The van der Waals surface area contributed by atoms with Crippen LogP contribution in [0.4, 0.5) is 0 Å². The molecule has 132 valence electrons. The molecule has 2 aromatic rings. The van der Waals surface area contributed by atoms with Crippen LogP contribution in [0.5, 0.6) is 5.75 Å². The molecule has 0 saturated carbocycles. The second-order valence-electron chi connectivity index (χ2n) is 6.12. The van der Waals surface area contributed by atoms with Crippen LogP contribution in [-0.4, -0.2) is 55.3 Å². The first-order valence-electron chi connectivity index (χ1n) is 8.49. The van der Waals surface area contributed by atoms with E-state index in [0.717, 1.165) is 32.7 Å². The number of piperazine rings is 1. The Balaban J connectivity index is 1.56. The molecule has 0 unspecified atom stereocenters. The molecule has 3 rings (SSSR count). The molecule has 1 amide bonds. The average Bonchev–Trinajstić information content (AvgIpc) is 2.68. The van der Waals surface area contributed by atoms with Crippen LogP contribution < -0.4 is 4.74 Å². The standard InChI is InChI=1S/C20H24N2O2S/c1-24-19-6-4-3-5-18(19)20(23)22-13-11-21(12-14-22)15-16-7-9-17(25-2)10-8-16/h3-10H,11-15H2,1-2H3. The number of methoxy groups -OCH3 is 1. The highest BCUT2D eigenvalue weighted by Gasteiger charge is 2.24. The van der Waals surface area contributed by atoms with Gasteiger partial charge in [-0.1, -0.05) is 24.3 Å². The summed E-state index contributed by atoms with van der Waals surface area (Å²) < 4.78 is 5.32. The number of rotatable bonds is 5. The lowest BCUT2D eigenvalue weighted by molar-refractivity contribution is 0.0625. The third-order valence-electron chi connectivity index (χ3n) is 4.56. The first-order valence-corrected chi connectivity index (χ1v) is 9.71. The second kappa shape index (κ2) is 8.41. The number of nitrogens with zero attached hydrogens (tertiary/aromatic N) is 2. The highest BCUT2D eigenvalue weighted by atomic mass is 32.2. The molecule has 0 atom stereocenters. The molecule has 2 aromatic carbocycles. The minimum atomic E-state index is 0.0569. The van der Waals surface area contributed by atoms with Crippen molar-refractivity contribution in [2.45, 2.75) is 11.4 Å². The Labute approximate surface area is 153 Å². The lowest BCUT2D eigenvalue weighted by Crippen LogP contribution is -2.48. The van der Waals surface area contributed by atoms with E-state index in [-0.39, 0.29) is 5.91 Å². The van der Waals surface area contributed by atoms with Crippen molar-refractivity contribution in [2.24, 2.45) is 0 Å². The fraction of sp³-hybridized carbons (Fsp3) is 0.350. The number of amides is 1. The van der Waals surface area contributed by atoms with Crippen molar-refractivity contribution in [3.05, 3.63) is 59.7 Å². The van der Waals surface area contributed by atoms with Crippen molar-refractivity contribution in [3.8, 4) is 5.75 Å². The third-order valence-corrected chi connectivity index (χ3v) is 5.31. The van der Waals surface area contributed by atoms with Gasteiger partial charge in [-0.05, 0) is 36.1 Å². The lowest BCUT2D eigenvalue weighted by atomic mass is 10.1. The summed E-state index contributed by atoms with van der Waals surface area (Å²) in [5.41, 5.74) is 1.97. The molecule has 1 fully saturated rings. The summed E-state index contributed by atoms with van der Waals surface area (Å²) in [7, 11) is 1.60. The van der Waals surface area contributed by atoms with Crippen LogP contribution in [0.15, 0.2) is 53.4 Å². The minimum absolute atomic E-state index is 0.0569. The van der Waals surface area contributed by atoms with E-state index in [1.54, 1.807) is 18.9 Å². The van der Waals surface area contributed by atoms with E-state index in [4.69, 9.17) is 4.74 Å². The number of hydrogen-bond acceptors (Lipinski definition) is 4. The fourth-order valence-electron chi connectivity index (χ4n) is 3.09. The Morgan fingerprint density at radius 1 is 1.04 bits per heavy atom. The van der Waals surface area contributed by atoms with Crippen molar-refractivity contribution < 1.29 is 9.53 Å². The Bertz CT molecular complexity index is 710. The van der Waals surface area contributed by atoms with Gasteiger partial charge in [-0.15, -0.1) is 11.8 Å². The Morgan fingerprint density at radius 3 is 2.36 bits per heavy atom. The summed E-state index contributed by atoms with van der Waals surface area (Å²) >= 11 is 1.76. The van der Waals surface area contributed by atoms with Gasteiger partial charge in [0.15, 0.2) is 0 Å². The van der Waals surface area contributed by atoms with Gasteiger partial charge in [-0.3, -0.25) is 9.69 Å². The highest BCUT2D eigenvalue weighted by Crippen LogP contribution is 2.21. The van der Waals surface area contributed by atoms with E-state index in [2.05, 4.69) is 35.4 Å². The van der Waals surface area contributed by atoms with E-state index in [9.17, 15) is 4.79 Å². The normalized spacial score (nSPS) is 15.2. The van der Waals surface area contributed by atoms with Gasteiger partial charge in [0.05, 0.1) is 12.7 Å². The number of ether oxygens (including phenoxy) is 1. The van der Waals surface area contributed by atoms with E-state index in [0.29, 0.717) is 11.3 Å². The molecule has 0 N–H and O–H groups in total.